The van der Waals surface area contributed by atoms with E-state index in [0.717, 1.165) is 49.8 Å². The number of phenolic OH excluding ortho intramolecular Hbond substituents is 1. The number of hydrogen-bond donors (Lipinski definition) is 2. The van der Waals surface area contributed by atoms with Crippen LogP contribution in [0.5, 0.6) is 5.75 Å². The zero-order valence-electron chi connectivity index (χ0n) is 18.9. The summed E-state index contributed by atoms with van der Waals surface area (Å²) in [4.78, 5) is 17.2. The molecule has 6 rings (SSSR count). The summed E-state index contributed by atoms with van der Waals surface area (Å²) in [6, 6.07) is 23.4. The average Bonchev–Trinajstić information content (AvgIpc) is 3.19. The van der Waals surface area contributed by atoms with E-state index in [2.05, 4.69) is 40.2 Å². The first-order valence-corrected chi connectivity index (χ1v) is 11.9. The molecule has 6 nitrogen and oxygen atoms in total. The lowest BCUT2D eigenvalue weighted by Gasteiger charge is -2.51. The summed E-state index contributed by atoms with van der Waals surface area (Å²) in [5, 5.41) is 22.7. The van der Waals surface area contributed by atoms with E-state index in [9.17, 15) is 15.2 Å². The van der Waals surface area contributed by atoms with Gasteiger partial charge in [-0.25, -0.2) is 0 Å². The number of rotatable bonds is 4. The van der Waals surface area contributed by atoms with Crippen LogP contribution in [0.15, 0.2) is 72.8 Å². The molecular weight excluding hydrogens is 426 g/mol. The SMILES string of the molecule is O=[N+]([O-])c1ccc2[nH]c3c(c2c1)CC1CN(Cc2ccccc2)CC[C@@]1(c1cccc(O)c1)C3. The number of non-ortho nitro benzene ring substituents is 1. The lowest BCUT2D eigenvalue weighted by atomic mass is 9.58. The maximum absolute atomic E-state index is 11.4. The molecule has 2 aliphatic rings. The lowest BCUT2D eigenvalue weighted by Crippen LogP contribution is -2.53. The lowest BCUT2D eigenvalue weighted by molar-refractivity contribution is -0.384. The van der Waals surface area contributed by atoms with E-state index in [1.54, 1.807) is 18.2 Å². The van der Waals surface area contributed by atoms with Gasteiger partial charge in [0.2, 0.25) is 0 Å². The van der Waals surface area contributed by atoms with Crippen LogP contribution in [0.25, 0.3) is 10.9 Å². The van der Waals surface area contributed by atoms with Gasteiger partial charge in [0.05, 0.1) is 4.92 Å². The number of hydrogen-bond acceptors (Lipinski definition) is 4. The topological polar surface area (TPSA) is 82.4 Å². The quantitative estimate of drug-likeness (QED) is 0.323. The van der Waals surface area contributed by atoms with Gasteiger partial charge in [0.1, 0.15) is 5.75 Å². The first kappa shape index (κ1) is 20.9. The third-order valence-electron chi connectivity index (χ3n) is 7.94. The fourth-order valence-corrected chi connectivity index (χ4v) is 6.27. The Labute approximate surface area is 198 Å². The number of benzene rings is 3. The van der Waals surface area contributed by atoms with Crippen LogP contribution >= 0.6 is 0 Å². The van der Waals surface area contributed by atoms with Gasteiger partial charge in [-0.1, -0.05) is 42.5 Å². The molecule has 2 atom stereocenters. The molecule has 0 radical (unpaired) electrons. The summed E-state index contributed by atoms with van der Waals surface area (Å²) in [6.45, 7) is 2.85. The standard InChI is InChI=1S/C28H27N3O3/c32-23-8-4-7-20(13-23)28-11-12-30(17-19-5-2-1-3-6-19)18-21(28)14-24-25-15-22(31(33)34)9-10-26(25)29-27(24)16-28/h1-10,13,15,21,29,32H,11-12,14,16-18H2/t21?,28-/m0/s1. The van der Waals surface area contributed by atoms with E-state index in [4.69, 9.17) is 0 Å². The molecule has 4 aromatic rings. The molecule has 6 heteroatoms. The second-order valence-corrected chi connectivity index (χ2v) is 9.82. The molecule has 1 aliphatic heterocycles. The number of likely N-dealkylation sites (tertiary alicyclic amines) is 1. The first-order valence-electron chi connectivity index (χ1n) is 11.9. The van der Waals surface area contributed by atoms with Crippen LogP contribution in [0, 0.1) is 16.0 Å². The summed E-state index contributed by atoms with van der Waals surface area (Å²) in [6.07, 6.45) is 2.71. The minimum absolute atomic E-state index is 0.0776. The van der Waals surface area contributed by atoms with Crippen molar-refractivity contribution in [2.75, 3.05) is 13.1 Å². The zero-order valence-corrected chi connectivity index (χ0v) is 18.9. The van der Waals surface area contributed by atoms with E-state index in [1.807, 2.05) is 24.3 Å². The van der Waals surface area contributed by atoms with Crippen LogP contribution in [0.3, 0.4) is 0 Å². The Morgan fingerprint density at radius 3 is 2.74 bits per heavy atom. The molecule has 0 saturated carbocycles. The van der Waals surface area contributed by atoms with E-state index in [0.29, 0.717) is 11.7 Å². The number of nitrogens with one attached hydrogen (secondary N) is 1. The van der Waals surface area contributed by atoms with Crippen LogP contribution < -0.4 is 0 Å². The monoisotopic (exact) mass is 453 g/mol. The Morgan fingerprint density at radius 1 is 1.09 bits per heavy atom. The number of nitro groups is 1. The van der Waals surface area contributed by atoms with Crippen LogP contribution in [0.4, 0.5) is 5.69 Å². The summed E-state index contributed by atoms with van der Waals surface area (Å²) < 4.78 is 0. The molecule has 1 aliphatic carbocycles. The maximum Gasteiger partial charge on any atom is 0.270 e. The molecule has 1 aromatic heterocycles. The Hall–Kier alpha value is -3.64. The van der Waals surface area contributed by atoms with Crippen molar-refractivity contribution in [3.05, 3.63) is 105 Å². The average molecular weight is 454 g/mol. The number of aromatic nitrogens is 1. The van der Waals surface area contributed by atoms with E-state index in [-0.39, 0.29) is 16.0 Å². The minimum atomic E-state index is -0.319. The van der Waals surface area contributed by atoms with Gasteiger partial charge in [-0.2, -0.15) is 0 Å². The Balaban J connectivity index is 1.42. The molecule has 2 heterocycles. The summed E-state index contributed by atoms with van der Waals surface area (Å²) >= 11 is 0. The summed E-state index contributed by atoms with van der Waals surface area (Å²) in [7, 11) is 0. The second-order valence-electron chi connectivity index (χ2n) is 9.82. The third kappa shape index (κ3) is 3.46. The molecule has 1 unspecified atom stereocenters. The van der Waals surface area contributed by atoms with Gasteiger partial charge in [0, 0.05) is 47.2 Å². The zero-order chi connectivity index (χ0) is 23.3. The smallest absolute Gasteiger partial charge is 0.270 e. The molecule has 2 N–H and O–H groups in total. The number of fused-ring (bicyclic) bond motifs is 4. The molecule has 1 saturated heterocycles. The van der Waals surface area contributed by atoms with Gasteiger partial charge in [-0.05, 0) is 66.6 Å². The number of aromatic amines is 1. The van der Waals surface area contributed by atoms with Crippen molar-refractivity contribution in [3.8, 4) is 5.75 Å². The number of nitrogens with zero attached hydrogens (tertiary/aromatic N) is 2. The molecule has 1 fully saturated rings. The molecule has 0 spiro atoms. The predicted octanol–water partition coefficient (Wildman–Crippen LogP) is 5.34. The van der Waals surface area contributed by atoms with E-state index in [1.165, 1.54) is 22.4 Å². The third-order valence-corrected chi connectivity index (χ3v) is 7.94. The van der Waals surface area contributed by atoms with E-state index >= 15 is 0 Å². The number of phenols is 1. The number of H-pyrrole nitrogens is 1. The number of aromatic hydroxyl groups is 1. The predicted molar refractivity (Wildman–Crippen MR) is 132 cm³/mol. The van der Waals surface area contributed by atoms with Gasteiger partial charge in [0.15, 0.2) is 0 Å². The van der Waals surface area contributed by atoms with Crippen LogP contribution in [-0.4, -0.2) is 33.0 Å². The summed E-state index contributed by atoms with van der Waals surface area (Å²) in [5.74, 6) is 0.646. The van der Waals surface area contributed by atoms with Crippen molar-refractivity contribution in [1.82, 2.24) is 9.88 Å². The normalized spacial score (nSPS) is 22.3. The Bertz CT molecular complexity index is 1380. The van der Waals surface area contributed by atoms with Crippen molar-refractivity contribution in [2.45, 2.75) is 31.2 Å². The van der Waals surface area contributed by atoms with Crippen LogP contribution in [-0.2, 0) is 24.8 Å². The van der Waals surface area contributed by atoms with Gasteiger partial charge >= 0.3 is 0 Å². The number of nitro benzene ring substituents is 1. The fraction of sp³-hybridized carbons (Fsp3) is 0.286. The van der Waals surface area contributed by atoms with Gasteiger partial charge in [-0.15, -0.1) is 0 Å². The van der Waals surface area contributed by atoms with Crippen LogP contribution in [0.1, 0.15) is 28.8 Å². The molecule has 34 heavy (non-hydrogen) atoms. The highest BCUT2D eigenvalue weighted by atomic mass is 16.6. The van der Waals surface area contributed by atoms with Gasteiger partial charge in [-0.3, -0.25) is 15.0 Å². The van der Waals surface area contributed by atoms with E-state index < -0.39 is 0 Å². The molecule has 3 aromatic carbocycles. The molecular formula is C28H27N3O3. The highest BCUT2D eigenvalue weighted by Gasteiger charge is 2.48. The first-order chi connectivity index (χ1) is 16.5. The van der Waals surface area contributed by atoms with Crippen molar-refractivity contribution in [2.24, 2.45) is 5.92 Å². The van der Waals surface area contributed by atoms with Crippen LogP contribution in [0.2, 0.25) is 0 Å². The Morgan fingerprint density at radius 2 is 1.94 bits per heavy atom. The molecule has 172 valence electrons. The molecule has 0 amide bonds. The number of piperidine rings is 1. The Kier molecular flexibility index (Phi) is 4.92. The second kappa shape index (κ2) is 7.99. The molecule has 0 bridgehead atoms. The van der Waals surface area contributed by atoms with Crippen molar-refractivity contribution in [3.63, 3.8) is 0 Å². The van der Waals surface area contributed by atoms with Gasteiger partial charge < -0.3 is 10.1 Å². The fourth-order valence-electron chi connectivity index (χ4n) is 6.27. The highest BCUT2D eigenvalue weighted by molar-refractivity contribution is 5.87. The van der Waals surface area contributed by atoms with Crippen molar-refractivity contribution >= 4 is 16.6 Å². The van der Waals surface area contributed by atoms with Gasteiger partial charge in [0.25, 0.3) is 5.69 Å². The minimum Gasteiger partial charge on any atom is -0.508 e. The van der Waals surface area contributed by atoms with Crippen molar-refractivity contribution in [1.29, 1.82) is 0 Å². The van der Waals surface area contributed by atoms with Crippen molar-refractivity contribution < 1.29 is 10.0 Å². The highest BCUT2D eigenvalue weighted by Crippen LogP contribution is 2.50. The maximum atomic E-state index is 11.4. The summed E-state index contributed by atoms with van der Waals surface area (Å²) in [5.41, 5.74) is 5.90. The largest absolute Gasteiger partial charge is 0.508 e.